The highest BCUT2D eigenvalue weighted by Gasteiger charge is 2.19. The Hall–Kier alpha value is -2.64. The Labute approximate surface area is 171 Å². The van der Waals surface area contributed by atoms with Crippen molar-refractivity contribution in [1.29, 1.82) is 0 Å². The van der Waals surface area contributed by atoms with Gasteiger partial charge >= 0.3 is 5.97 Å². The minimum atomic E-state index is -3.82. The van der Waals surface area contributed by atoms with Crippen molar-refractivity contribution in [3.63, 3.8) is 0 Å². The van der Waals surface area contributed by atoms with Gasteiger partial charge in [0.05, 0.1) is 10.5 Å². The highest BCUT2D eigenvalue weighted by molar-refractivity contribution is 7.89. The van der Waals surface area contributed by atoms with Crippen molar-refractivity contribution in [2.24, 2.45) is 0 Å². The normalized spacial score (nSPS) is 14.3. The molecule has 3 N–H and O–H groups in total. The van der Waals surface area contributed by atoms with Crippen molar-refractivity contribution < 1.29 is 18.3 Å². The van der Waals surface area contributed by atoms with E-state index in [2.05, 4.69) is 16.1 Å². The molecule has 1 aliphatic rings. The number of anilines is 1. The molecule has 0 saturated carbocycles. The molecule has 2 aromatic carbocycles. The zero-order valence-electron chi connectivity index (χ0n) is 16.2. The fourth-order valence-electron chi connectivity index (χ4n) is 3.37. The first-order chi connectivity index (χ1) is 14.0. The molecule has 7 heteroatoms. The average molecular weight is 415 g/mol. The number of benzene rings is 2. The molecule has 0 heterocycles. The molecule has 0 unspecified atom stereocenters. The second-order valence-electron chi connectivity index (χ2n) is 7.11. The SMILES string of the molecule is O=C(O)c1cc(S(=O)(=O)NCc2ccccc2)ccc1NCCC1=CCCCC1. The molecular weight excluding hydrogens is 388 g/mol. The van der Waals surface area contributed by atoms with Crippen LogP contribution in [0, 0.1) is 0 Å². The van der Waals surface area contributed by atoms with Gasteiger partial charge in [0.2, 0.25) is 10.0 Å². The summed E-state index contributed by atoms with van der Waals surface area (Å²) in [5.74, 6) is -1.16. The Morgan fingerprint density at radius 3 is 2.55 bits per heavy atom. The molecule has 0 atom stereocenters. The lowest BCUT2D eigenvalue weighted by Crippen LogP contribution is -2.23. The predicted molar refractivity (Wildman–Crippen MR) is 114 cm³/mol. The van der Waals surface area contributed by atoms with Crippen molar-refractivity contribution in [2.45, 2.75) is 43.5 Å². The molecule has 0 saturated heterocycles. The monoisotopic (exact) mass is 414 g/mol. The van der Waals surface area contributed by atoms with Crippen LogP contribution in [-0.2, 0) is 16.6 Å². The lowest BCUT2D eigenvalue weighted by Gasteiger charge is -2.15. The van der Waals surface area contributed by atoms with Crippen LogP contribution in [0.1, 0.15) is 48.0 Å². The standard InChI is InChI=1S/C22H26N2O4S/c25-22(26)20-15-19(29(27,28)24-16-18-9-5-2-6-10-18)11-12-21(20)23-14-13-17-7-3-1-4-8-17/h2,5-7,9-12,15,23-24H,1,3-4,8,13-14,16H2,(H,25,26). The van der Waals surface area contributed by atoms with Crippen LogP contribution in [0.3, 0.4) is 0 Å². The molecule has 0 fully saturated rings. The zero-order valence-corrected chi connectivity index (χ0v) is 17.0. The average Bonchev–Trinajstić information content (AvgIpc) is 2.74. The molecule has 0 aromatic heterocycles. The lowest BCUT2D eigenvalue weighted by molar-refractivity contribution is 0.0697. The molecule has 29 heavy (non-hydrogen) atoms. The van der Waals surface area contributed by atoms with Gasteiger partial charge in [-0.05, 0) is 55.9 Å². The summed E-state index contributed by atoms with van der Waals surface area (Å²) in [6, 6.07) is 13.3. The third kappa shape index (κ3) is 5.92. The predicted octanol–water partition coefficient (Wildman–Crippen LogP) is 4.17. The number of rotatable bonds is 9. The maximum absolute atomic E-state index is 12.6. The van der Waals surface area contributed by atoms with E-state index < -0.39 is 16.0 Å². The van der Waals surface area contributed by atoms with Crippen molar-refractivity contribution >= 4 is 21.7 Å². The zero-order chi connectivity index (χ0) is 20.7. The molecule has 2 aromatic rings. The number of carboxylic acid groups (broad SMARTS) is 1. The number of aromatic carboxylic acids is 1. The number of hydrogen-bond acceptors (Lipinski definition) is 4. The van der Waals surface area contributed by atoms with Gasteiger partial charge in [-0.1, -0.05) is 42.0 Å². The summed E-state index contributed by atoms with van der Waals surface area (Å²) in [6.07, 6.45) is 7.76. The van der Waals surface area contributed by atoms with E-state index in [-0.39, 0.29) is 17.0 Å². The van der Waals surface area contributed by atoms with Crippen LogP contribution in [0.5, 0.6) is 0 Å². The van der Waals surface area contributed by atoms with E-state index in [0.29, 0.717) is 12.2 Å². The van der Waals surface area contributed by atoms with Crippen LogP contribution in [0.25, 0.3) is 0 Å². The van der Waals surface area contributed by atoms with Crippen LogP contribution in [0.2, 0.25) is 0 Å². The van der Waals surface area contributed by atoms with Gasteiger partial charge in [0.15, 0.2) is 0 Å². The number of sulfonamides is 1. The molecule has 0 spiro atoms. The molecule has 1 aliphatic carbocycles. The Morgan fingerprint density at radius 1 is 1.07 bits per heavy atom. The van der Waals surface area contributed by atoms with Crippen molar-refractivity contribution in [1.82, 2.24) is 4.72 Å². The van der Waals surface area contributed by atoms with Gasteiger partial charge in [0.1, 0.15) is 0 Å². The fourth-order valence-corrected chi connectivity index (χ4v) is 4.41. The molecular formula is C22H26N2O4S. The van der Waals surface area contributed by atoms with Crippen molar-refractivity contribution in [2.75, 3.05) is 11.9 Å². The summed E-state index contributed by atoms with van der Waals surface area (Å²) < 4.78 is 27.7. The van der Waals surface area contributed by atoms with Crippen molar-refractivity contribution in [3.05, 3.63) is 71.3 Å². The number of hydrogen-bond donors (Lipinski definition) is 3. The number of carbonyl (C=O) groups is 1. The summed E-state index contributed by atoms with van der Waals surface area (Å²) in [5.41, 5.74) is 2.59. The van der Waals surface area contributed by atoms with Gasteiger partial charge in [0.25, 0.3) is 0 Å². The van der Waals surface area contributed by atoms with E-state index in [9.17, 15) is 18.3 Å². The first-order valence-corrected chi connectivity index (χ1v) is 11.3. The summed E-state index contributed by atoms with van der Waals surface area (Å²) in [5, 5.41) is 12.7. The smallest absolute Gasteiger partial charge is 0.337 e. The summed E-state index contributed by atoms with van der Waals surface area (Å²) in [6.45, 7) is 0.755. The van der Waals surface area contributed by atoms with E-state index in [4.69, 9.17) is 0 Å². The molecule has 3 rings (SSSR count). The van der Waals surface area contributed by atoms with E-state index in [0.717, 1.165) is 24.8 Å². The summed E-state index contributed by atoms with van der Waals surface area (Å²) in [4.78, 5) is 11.6. The number of carboxylic acids is 1. The van der Waals surface area contributed by atoms with E-state index >= 15 is 0 Å². The first kappa shape index (κ1) is 21.1. The maximum Gasteiger partial charge on any atom is 0.337 e. The Kier molecular flexibility index (Phi) is 7.06. The Balaban J connectivity index is 1.69. The highest BCUT2D eigenvalue weighted by Crippen LogP contribution is 2.23. The van der Waals surface area contributed by atoms with Gasteiger partial charge in [-0.25, -0.2) is 17.9 Å². The van der Waals surface area contributed by atoms with Gasteiger partial charge in [-0.15, -0.1) is 0 Å². The second-order valence-corrected chi connectivity index (χ2v) is 8.87. The van der Waals surface area contributed by atoms with E-state index in [1.54, 1.807) is 0 Å². The minimum absolute atomic E-state index is 0.0507. The maximum atomic E-state index is 12.6. The van der Waals surface area contributed by atoms with Crippen LogP contribution in [0.15, 0.2) is 65.1 Å². The molecule has 0 bridgehead atoms. The summed E-state index contributed by atoms with van der Waals surface area (Å²) >= 11 is 0. The molecule has 0 aliphatic heterocycles. The van der Waals surface area contributed by atoms with Crippen LogP contribution >= 0.6 is 0 Å². The minimum Gasteiger partial charge on any atom is -0.478 e. The molecule has 6 nitrogen and oxygen atoms in total. The number of allylic oxidation sites excluding steroid dienone is 1. The van der Waals surface area contributed by atoms with Gasteiger partial charge < -0.3 is 10.4 Å². The van der Waals surface area contributed by atoms with Gasteiger partial charge in [-0.2, -0.15) is 0 Å². The third-order valence-corrected chi connectivity index (χ3v) is 6.39. The number of nitrogens with one attached hydrogen (secondary N) is 2. The van der Waals surface area contributed by atoms with Crippen molar-refractivity contribution in [3.8, 4) is 0 Å². The third-order valence-electron chi connectivity index (χ3n) is 4.99. The molecule has 0 amide bonds. The van der Waals surface area contributed by atoms with Crippen LogP contribution < -0.4 is 10.0 Å². The lowest BCUT2D eigenvalue weighted by atomic mass is 9.97. The largest absolute Gasteiger partial charge is 0.478 e. The quantitative estimate of drug-likeness (QED) is 0.536. The van der Waals surface area contributed by atoms with Gasteiger partial charge in [0, 0.05) is 18.8 Å². The first-order valence-electron chi connectivity index (χ1n) is 9.78. The Bertz CT molecular complexity index is 985. The second kappa shape index (κ2) is 9.71. The highest BCUT2D eigenvalue weighted by atomic mass is 32.2. The van der Waals surface area contributed by atoms with E-state index in [1.165, 1.54) is 36.6 Å². The summed E-state index contributed by atoms with van der Waals surface area (Å²) in [7, 11) is -3.82. The van der Waals surface area contributed by atoms with Crippen LogP contribution in [0.4, 0.5) is 5.69 Å². The van der Waals surface area contributed by atoms with E-state index in [1.807, 2.05) is 30.3 Å². The van der Waals surface area contributed by atoms with Gasteiger partial charge in [-0.3, -0.25) is 0 Å². The fraction of sp³-hybridized carbons (Fsp3) is 0.318. The molecule has 0 radical (unpaired) electrons. The Morgan fingerprint density at radius 2 is 1.86 bits per heavy atom. The molecule has 154 valence electrons. The van der Waals surface area contributed by atoms with Crippen LogP contribution in [-0.4, -0.2) is 26.0 Å². The topological polar surface area (TPSA) is 95.5 Å².